The van der Waals surface area contributed by atoms with Crippen LogP contribution in [0, 0.1) is 0 Å². The minimum absolute atomic E-state index is 0.00997. The zero-order valence-corrected chi connectivity index (χ0v) is 34.1. The lowest BCUT2D eigenvalue weighted by Crippen LogP contribution is -2.36. The number of nitrogens with zero attached hydrogens (tertiary/aromatic N) is 1. The normalized spacial score (nSPS) is 12.8. The molecule has 6 heteroatoms. The van der Waals surface area contributed by atoms with Crippen molar-refractivity contribution in [3.05, 3.63) is 0 Å². The smallest absolute Gasteiger partial charge is 0.306 e. The third-order valence-corrected chi connectivity index (χ3v) is 10.4. The maximum absolute atomic E-state index is 12.7. The molecule has 0 spiro atoms. The zero-order chi connectivity index (χ0) is 36.8. The summed E-state index contributed by atoms with van der Waals surface area (Å²) in [4.78, 5) is 27.1. The largest absolute Gasteiger partial charge is 0.466 e. The van der Waals surface area contributed by atoms with Crippen molar-refractivity contribution in [3.63, 3.8) is 0 Å². The Morgan fingerprint density at radius 1 is 0.500 bits per heavy atom. The lowest BCUT2D eigenvalue weighted by molar-refractivity contribution is -0.150. The maximum Gasteiger partial charge on any atom is 0.306 e. The monoisotopic (exact) mass is 710 g/mol. The molecular weight excluding hydrogens is 622 g/mol. The highest BCUT2D eigenvalue weighted by atomic mass is 16.5. The summed E-state index contributed by atoms with van der Waals surface area (Å²) in [6.45, 7) is 11.6. The number of hydrogen-bond acceptors (Lipinski definition) is 6. The fourth-order valence-corrected chi connectivity index (χ4v) is 6.99. The van der Waals surface area contributed by atoms with Crippen molar-refractivity contribution in [2.24, 2.45) is 0 Å². The number of unbranched alkanes of at least 4 members (excludes halogenated alkanes) is 22. The topological polar surface area (TPSA) is 76.1 Å². The van der Waals surface area contributed by atoms with E-state index in [4.69, 9.17) is 9.47 Å². The predicted molar refractivity (Wildman–Crippen MR) is 214 cm³/mol. The van der Waals surface area contributed by atoms with Gasteiger partial charge in [0.1, 0.15) is 6.10 Å². The summed E-state index contributed by atoms with van der Waals surface area (Å²) < 4.78 is 11.4. The van der Waals surface area contributed by atoms with Gasteiger partial charge in [-0.05, 0) is 71.3 Å². The third kappa shape index (κ3) is 34.0. The summed E-state index contributed by atoms with van der Waals surface area (Å²) in [5, 5.41) is 9.65. The van der Waals surface area contributed by atoms with E-state index in [-0.39, 0.29) is 24.6 Å². The molecule has 0 aliphatic heterocycles. The van der Waals surface area contributed by atoms with E-state index in [1.807, 2.05) is 0 Å². The van der Waals surface area contributed by atoms with E-state index in [0.717, 1.165) is 96.6 Å². The molecule has 2 unspecified atom stereocenters. The second-order valence-corrected chi connectivity index (χ2v) is 15.3. The van der Waals surface area contributed by atoms with Gasteiger partial charge >= 0.3 is 11.9 Å². The van der Waals surface area contributed by atoms with Gasteiger partial charge in [0.2, 0.25) is 0 Å². The van der Waals surface area contributed by atoms with Gasteiger partial charge in [0, 0.05) is 25.4 Å². The highest BCUT2D eigenvalue weighted by Gasteiger charge is 2.15. The Bertz CT molecular complexity index is 717. The molecule has 0 saturated heterocycles. The lowest BCUT2D eigenvalue weighted by Gasteiger charge is -2.28. The number of ether oxygens (including phenoxy) is 2. The average molecular weight is 710 g/mol. The van der Waals surface area contributed by atoms with E-state index in [1.54, 1.807) is 0 Å². The van der Waals surface area contributed by atoms with E-state index in [0.29, 0.717) is 25.5 Å². The molecule has 0 amide bonds. The molecule has 0 aliphatic carbocycles. The first kappa shape index (κ1) is 48.9. The Morgan fingerprint density at radius 3 is 1.44 bits per heavy atom. The summed E-state index contributed by atoms with van der Waals surface area (Å²) in [7, 11) is 0. The van der Waals surface area contributed by atoms with Crippen LogP contribution in [0.5, 0.6) is 0 Å². The van der Waals surface area contributed by atoms with E-state index in [9.17, 15) is 14.7 Å². The van der Waals surface area contributed by atoms with Crippen LogP contribution >= 0.6 is 0 Å². The number of carbonyl (C=O) groups is 2. The quantitative estimate of drug-likeness (QED) is 0.0504. The summed E-state index contributed by atoms with van der Waals surface area (Å²) >= 11 is 0. The number of carbonyl (C=O) groups excluding carboxylic acids is 2. The van der Waals surface area contributed by atoms with Gasteiger partial charge in [-0.25, -0.2) is 0 Å². The van der Waals surface area contributed by atoms with E-state index in [1.165, 1.54) is 109 Å². The summed E-state index contributed by atoms with van der Waals surface area (Å²) in [5.74, 6) is -0.0226. The van der Waals surface area contributed by atoms with Crippen LogP contribution in [0.1, 0.15) is 233 Å². The first-order chi connectivity index (χ1) is 24.5. The van der Waals surface area contributed by atoms with Gasteiger partial charge in [-0.3, -0.25) is 14.5 Å². The number of aliphatic hydroxyl groups is 1. The number of rotatable bonds is 40. The molecule has 0 aliphatic rings. The van der Waals surface area contributed by atoms with Crippen molar-refractivity contribution in [3.8, 4) is 0 Å². The number of hydrogen-bond donors (Lipinski definition) is 1. The predicted octanol–water partition coefficient (Wildman–Crippen LogP) is 12.7. The van der Waals surface area contributed by atoms with Crippen LogP contribution in [0.15, 0.2) is 0 Å². The first-order valence-corrected chi connectivity index (χ1v) is 22.2. The standard InChI is InChI=1S/C44H87NO5/c1-5-8-11-14-16-24-31-40-49-43(47)35-28-20-17-23-30-37-45(38-39-46)41(4)32-25-21-22-29-36-44(48)50-42(33-26-18-13-10-7-3)34-27-19-15-12-9-6-2/h41-42,46H,5-40H2,1-4H3. The summed E-state index contributed by atoms with van der Waals surface area (Å²) in [6.07, 6.45) is 36.8. The lowest BCUT2D eigenvalue weighted by atomic mass is 10.0. The van der Waals surface area contributed by atoms with Crippen LogP contribution in [0.4, 0.5) is 0 Å². The maximum atomic E-state index is 12.7. The molecule has 0 radical (unpaired) electrons. The van der Waals surface area contributed by atoms with E-state index in [2.05, 4.69) is 32.6 Å². The summed E-state index contributed by atoms with van der Waals surface area (Å²) in [6, 6.07) is 0.457. The molecule has 6 nitrogen and oxygen atoms in total. The van der Waals surface area contributed by atoms with Crippen molar-refractivity contribution >= 4 is 11.9 Å². The Hall–Kier alpha value is -1.14. The Morgan fingerprint density at radius 2 is 0.920 bits per heavy atom. The van der Waals surface area contributed by atoms with Crippen LogP contribution in [-0.2, 0) is 19.1 Å². The second kappa shape index (κ2) is 39.1. The van der Waals surface area contributed by atoms with Crippen LogP contribution in [-0.4, -0.2) is 60.4 Å². The van der Waals surface area contributed by atoms with Crippen molar-refractivity contribution in [2.45, 2.75) is 245 Å². The van der Waals surface area contributed by atoms with Gasteiger partial charge in [-0.2, -0.15) is 0 Å². The van der Waals surface area contributed by atoms with E-state index < -0.39 is 0 Å². The molecule has 0 rings (SSSR count). The highest BCUT2D eigenvalue weighted by molar-refractivity contribution is 5.69. The molecule has 0 aromatic carbocycles. The molecule has 0 aromatic heterocycles. The fourth-order valence-electron chi connectivity index (χ4n) is 6.99. The third-order valence-electron chi connectivity index (χ3n) is 10.4. The van der Waals surface area contributed by atoms with Gasteiger partial charge in [-0.15, -0.1) is 0 Å². The molecule has 0 aromatic rings. The van der Waals surface area contributed by atoms with Gasteiger partial charge in [-0.1, -0.05) is 156 Å². The first-order valence-electron chi connectivity index (χ1n) is 22.2. The molecule has 0 fully saturated rings. The molecule has 2 atom stereocenters. The summed E-state index contributed by atoms with van der Waals surface area (Å²) in [5.41, 5.74) is 0. The number of esters is 2. The van der Waals surface area contributed by atoms with Crippen LogP contribution in [0.25, 0.3) is 0 Å². The van der Waals surface area contributed by atoms with Gasteiger partial charge < -0.3 is 14.6 Å². The second-order valence-electron chi connectivity index (χ2n) is 15.3. The van der Waals surface area contributed by atoms with Crippen molar-refractivity contribution in [2.75, 3.05) is 26.3 Å². The SMILES string of the molecule is CCCCCCCCCOC(=O)CCCCCCCN(CCO)C(C)CCCCCCC(=O)OC(CCCCCCC)CCCCCCCC. The highest BCUT2D eigenvalue weighted by Crippen LogP contribution is 2.19. The Labute approximate surface area is 312 Å². The van der Waals surface area contributed by atoms with Crippen molar-refractivity contribution in [1.29, 1.82) is 0 Å². The molecule has 0 heterocycles. The van der Waals surface area contributed by atoms with Crippen LogP contribution in [0.3, 0.4) is 0 Å². The molecular formula is C44H87NO5. The Balaban J connectivity index is 4.04. The molecule has 50 heavy (non-hydrogen) atoms. The van der Waals surface area contributed by atoms with Gasteiger partial charge in [0.05, 0.1) is 13.2 Å². The average Bonchev–Trinajstić information content (AvgIpc) is 3.11. The molecule has 1 N–H and O–H groups in total. The van der Waals surface area contributed by atoms with Gasteiger partial charge in [0.15, 0.2) is 0 Å². The molecule has 298 valence electrons. The van der Waals surface area contributed by atoms with Gasteiger partial charge in [0.25, 0.3) is 0 Å². The Kier molecular flexibility index (Phi) is 38.2. The van der Waals surface area contributed by atoms with Crippen molar-refractivity contribution in [1.82, 2.24) is 4.90 Å². The van der Waals surface area contributed by atoms with E-state index >= 15 is 0 Å². The van der Waals surface area contributed by atoms with Crippen molar-refractivity contribution < 1.29 is 24.2 Å². The molecule has 0 bridgehead atoms. The number of aliphatic hydroxyl groups excluding tert-OH is 1. The molecule has 0 saturated carbocycles. The zero-order valence-electron chi connectivity index (χ0n) is 34.1. The fraction of sp³-hybridized carbons (Fsp3) is 0.955. The minimum atomic E-state index is -0.0326. The minimum Gasteiger partial charge on any atom is -0.466 e. The van der Waals surface area contributed by atoms with Crippen LogP contribution in [0.2, 0.25) is 0 Å². The van der Waals surface area contributed by atoms with Crippen LogP contribution < -0.4 is 0 Å².